The van der Waals surface area contributed by atoms with Gasteiger partial charge in [-0.05, 0) is 61.2 Å². The molecule has 0 aliphatic rings. The number of nitrogens with one attached hydrogen (secondary N) is 1. The molecule has 1 amide bonds. The number of aromatic nitrogens is 2. The molecule has 0 aliphatic carbocycles. The van der Waals surface area contributed by atoms with Gasteiger partial charge in [0.05, 0.1) is 34.4 Å². The molecular formula is C25H27N4O6PS2. The van der Waals surface area contributed by atoms with E-state index in [4.69, 9.17) is 14.2 Å². The number of carbonyl (C=O) groups excluding carboxylic acids is 1. The van der Waals surface area contributed by atoms with Crippen molar-refractivity contribution in [3.05, 3.63) is 89.4 Å². The summed E-state index contributed by atoms with van der Waals surface area (Å²) in [6.45, 7) is 3.65. The van der Waals surface area contributed by atoms with Crippen LogP contribution in [0.4, 0.5) is 0 Å². The molecular weight excluding hydrogens is 547 g/mol. The molecule has 2 aromatic heterocycles. The Hall–Kier alpha value is -3.12. The monoisotopic (exact) mass is 574 g/mol. The number of benzene rings is 2. The van der Waals surface area contributed by atoms with Gasteiger partial charge in [0.25, 0.3) is 5.91 Å². The summed E-state index contributed by atoms with van der Waals surface area (Å²) in [6.07, 6.45) is 0. The molecule has 0 saturated heterocycles. The molecule has 4 rings (SSSR count). The zero-order chi connectivity index (χ0) is 27.3. The average molecular weight is 575 g/mol. The van der Waals surface area contributed by atoms with Crippen LogP contribution in [-0.4, -0.2) is 37.3 Å². The van der Waals surface area contributed by atoms with Crippen molar-refractivity contribution in [2.24, 2.45) is 5.14 Å². The normalized spacial score (nSPS) is 12.8. The van der Waals surface area contributed by atoms with Crippen LogP contribution in [0, 0.1) is 0 Å². The van der Waals surface area contributed by atoms with Crippen molar-refractivity contribution >= 4 is 34.9 Å². The molecule has 0 radical (unpaired) electrons. The molecule has 1 unspecified atom stereocenters. The Morgan fingerprint density at radius 2 is 1.71 bits per heavy atom. The van der Waals surface area contributed by atoms with E-state index in [9.17, 15) is 17.8 Å². The number of primary sulfonamides is 1. The van der Waals surface area contributed by atoms with Gasteiger partial charge < -0.3 is 14.4 Å². The SMILES string of the molecule is CCOP(=O)(OCC)C(NC(=O)c1cc(-c2cccs2)n(-c2ccc(S(N)(=O)=O)cc2)n1)c1ccccc1. The highest BCUT2D eigenvalue weighted by molar-refractivity contribution is 7.89. The van der Waals surface area contributed by atoms with Crippen molar-refractivity contribution in [1.29, 1.82) is 0 Å². The maximum atomic E-state index is 13.7. The van der Waals surface area contributed by atoms with Gasteiger partial charge in [-0.15, -0.1) is 11.3 Å². The zero-order valence-corrected chi connectivity index (χ0v) is 23.2. The standard InChI is InChI=1S/C25H27N4O6PS2/c1-3-34-36(31,35-4-2)25(18-9-6-5-7-10-18)27-24(30)21-17-22(23-11-8-16-37-23)29(28-21)19-12-14-20(15-13-19)38(26,32)33/h5-17,25H,3-4H2,1-2H3,(H,27,30)(H2,26,32,33). The maximum Gasteiger partial charge on any atom is 0.357 e. The predicted octanol–water partition coefficient (Wildman–Crippen LogP) is 4.94. The topological polar surface area (TPSA) is 143 Å². The molecule has 10 nitrogen and oxygen atoms in total. The third-order valence-electron chi connectivity index (χ3n) is 5.44. The van der Waals surface area contributed by atoms with Gasteiger partial charge in [-0.25, -0.2) is 18.2 Å². The number of nitrogens with two attached hydrogens (primary N) is 1. The Bertz CT molecular complexity index is 1530. The summed E-state index contributed by atoms with van der Waals surface area (Å²) in [5, 5.41) is 14.4. The van der Waals surface area contributed by atoms with Crippen molar-refractivity contribution in [3.8, 4) is 16.3 Å². The smallest absolute Gasteiger partial charge is 0.333 e. The Labute approximate surface area is 225 Å². The van der Waals surface area contributed by atoms with E-state index < -0.39 is 29.3 Å². The number of hydrogen-bond acceptors (Lipinski definition) is 8. The first-order chi connectivity index (χ1) is 18.2. The molecule has 2 heterocycles. The van der Waals surface area contributed by atoms with Crippen molar-refractivity contribution in [1.82, 2.24) is 15.1 Å². The van der Waals surface area contributed by atoms with Gasteiger partial charge in [0.2, 0.25) is 10.0 Å². The van der Waals surface area contributed by atoms with E-state index in [1.807, 2.05) is 23.6 Å². The number of thiophene rings is 1. The van der Waals surface area contributed by atoms with E-state index in [-0.39, 0.29) is 23.8 Å². The molecule has 0 aliphatic heterocycles. The minimum Gasteiger partial charge on any atom is -0.333 e. The Balaban J connectivity index is 1.75. The third kappa shape index (κ3) is 6.12. The number of amides is 1. The Morgan fingerprint density at radius 3 is 2.26 bits per heavy atom. The molecule has 38 heavy (non-hydrogen) atoms. The molecule has 4 aromatic rings. The highest BCUT2D eigenvalue weighted by Crippen LogP contribution is 2.59. The van der Waals surface area contributed by atoms with Crippen molar-refractivity contribution < 1.29 is 26.8 Å². The molecule has 1 atom stereocenters. The second-order valence-electron chi connectivity index (χ2n) is 8.00. The predicted molar refractivity (Wildman–Crippen MR) is 146 cm³/mol. The van der Waals surface area contributed by atoms with Crippen LogP contribution in [0.25, 0.3) is 16.3 Å². The van der Waals surface area contributed by atoms with Gasteiger partial charge in [0.1, 0.15) is 0 Å². The van der Waals surface area contributed by atoms with Crippen LogP contribution in [0.1, 0.15) is 35.7 Å². The first-order valence-corrected chi connectivity index (χ1v) is 15.7. The van der Waals surface area contributed by atoms with Crippen LogP contribution in [0.2, 0.25) is 0 Å². The van der Waals surface area contributed by atoms with Crippen LogP contribution >= 0.6 is 18.9 Å². The number of nitrogens with zero attached hydrogens (tertiary/aromatic N) is 2. The third-order valence-corrected chi connectivity index (χ3v) is 9.56. The van der Waals surface area contributed by atoms with Gasteiger partial charge in [-0.3, -0.25) is 9.36 Å². The minimum absolute atomic E-state index is 0.0441. The maximum absolute atomic E-state index is 13.7. The second-order valence-corrected chi connectivity index (χ2v) is 12.6. The van der Waals surface area contributed by atoms with Crippen molar-refractivity contribution in [3.63, 3.8) is 0 Å². The lowest BCUT2D eigenvalue weighted by molar-refractivity contribution is 0.0931. The summed E-state index contributed by atoms with van der Waals surface area (Å²) < 4.78 is 49.7. The molecule has 13 heteroatoms. The lowest BCUT2D eigenvalue weighted by Gasteiger charge is -2.27. The first-order valence-electron chi connectivity index (χ1n) is 11.7. The molecule has 0 saturated carbocycles. The number of carbonyl (C=O) groups is 1. The Kier molecular flexibility index (Phi) is 8.61. The Morgan fingerprint density at radius 1 is 1.05 bits per heavy atom. The molecule has 2 aromatic carbocycles. The average Bonchev–Trinajstić information content (AvgIpc) is 3.58. The first kappa shape index (κ1) is 27.9. The van der Waals surface area contributed by atoms with E-state index in [0.717, 1.165) is 4.88 Å². The van der Waals surface area contributed by atoms with Crippen LogP contribution in [-0.2, 0) is 23.6 Å². The quantitative estimate of drug-likeness (QED) is 0.242. The van der Waals surface area contributed by atoms with E-state index in [1.54, 1.807) is 56.3 Å². The fraction of sp³-hybridized carbons (Fsp3) is 0.200. The minimum atomic E-state index is -3.87. The number of hydrogen-bond donors (Lipinski definition) is 2. The highest BCUT2D eigenvalue weighted by atomic mass is 32.2. The van der Waals surface area contributed by atoms with E-state index in [0.29, 0.717) is 16.9 Å². The molecule has 0 spiro atoms. The molecule has 0 fully saturated rings. The van der Waals surface area contributed by atoms with Gasteiger partial charge in [0, 0.05) is 0 Å². The van der Waals surface area contributed by atoms with Crippen molar-refractivity contribution in [2.45, 2.75) is 24.5 Å². The van der Waals surface area contributed by atoms with Crippen LogP contribution in [0.3, 0.4) is 0 Å². The van der Waals surface area contributed by atoms with Crippen LogP contribution < -0.4 is 10.5 Å². The van der Waals surface area contributed by atoms with E-state index in [1.165, 1.54) is 28.2 Å². The van der Waals surface area contributed by atoms with Gasteiger partial charge in [-0.2, -0.15) is 5.10 Å². The largest absolute Gasteiger partial charge is 0.357 e. The van der Waals surface area contributed by atoms with Gasteiger partial charge in [0.15, 0.2) is 11.5 Å². The summed E-state index contributed by atoms with van der Waals surface area (Å²) in [5.74, 6) is -1.66. The lowest BCUT2D eigenvalue weighted by atomic mass is 10.2. The van der Waals surface area contributed by atoms with Gasteiger partial charge >= 0.3 is 7.60 Å². The summed E-state index contributed by atoms with van der Waals surface area (Å²) in [6, 6.07) is 20.0. The summed E-state index contributed by atoms with van der Waals surface area (Å²) >= 11 is 1.45. The second kappa shape index (κ2) is 11.7. The number of rotatable bonds is 11. The van der Waals surface area contributed by atoms with E-state index >= 15 is 0 Å². The molecule has 200 valence electrons. The van der Waals surface area contributed by atoms with E-state index in [2.05, 4.69) is 10.4 Å². The summed E-state index contributed by atoms with van der Waals surface area (Å²) in [4.78, 5) is 14.3. The van der Waals surface area contributed by atoms with Gasteiger partial charge in [-0.1, -0.05) is 36.4 Å². The fourth-order valence-electron chi connectivity index (χ4n) is 3.79. The highest BCUT2D eigenvalue weighted by Gasteiger charge is 2.38. The fourth-order valence-corrected chi connectivity index (χ4v) is 6.94. The van der Waals surface area contributed by atoms with Crippen molar-refractivity contribution in [2.75, 3.05) is 13.2 Å². The molecule has 0 bridgehead atoms. The zero-order valence-electron chi connectivity index (χ0n) is 20.7. The number of sulfonamides is 1. The van der Waals surface area contributed by atoms with Crippen LogP contribution in [0.15, 0.2) is 83.1 Å². The van der Waals surface area contributed by atoms with Crippen LogP contribution in [0.5, 0.6) is 0 Å². The summed E-state index contributed by atoms with van der Waals surface area (Å²) in [5.41, 5.74) is 1.75. The lowest BCUT2D eigenvalue weighted by Crippen LogP contribution is -2.30. The molecule has 3 N–H and O–H groups in total. The summed E-state index contributed by atoms with van der Waals surface area (Å²) in [7, 11) is -7.66.